The van der Waals surface area contributed by atoms with E-state index < -0.39 is 0 Å². The Labute approximate surface area is 143 Å². The molecule has 5 nitrogen and oxygen atoms in total. The Kier molecular flexibility index (Phi) is 4.77. The van der Waals surface area contributed by atoms with Crippen LogP contribution in [0.15, 0.2) is 36.4 Å². The van der Waals surface area contributed by atoms with E-state index in [1.54, 1.807) is 6.07 Å². The molecule has 1 aliphatic rings. The van der Waals surface area contributed by atoms with Crippen LogP contribution in [0.3, 0.4) is 0 Å². The van der Waals surface area contributed by atoms with Gasteiger partial charge < -0.3 is 15.2 Å². The molecule has 1 aliphatic heterocycles. The van der Waals surface area contributed by atoms with Crippen LogP contribution in [0.4, 0.5) is 11.5 Å². The number of nitriles is 1. The number of hydrogen-bond acceptors (Lipinski definition) is 4. The zero-order valence-electron chi connectivity index (χ0n) is 14.4. The van der Waals surface area contributed by atoms with Crippen molar-refractivity contribution in [1.82, 2.24) is 9.47 Å². The molecular formula is C19H25N5. The van der Waals surface area contributed by atoms with Gasteiger partial charge in [-0.3, -0.25) is 4.90 Å². The zero-order chi connectivity index (χ0) is 17.1. The molecule has 0 radical (unpaired) electrons. The summed E-state index contributed by atoms with van der Waals surface area (Å²) < 4.78 is 2.06. The fourth-order valence-corrected chi connectivity index (χ4v) is 3.44. The van der Waals surface area contributed by atoms with E-state index >= 15 is 0 Å². The van der Waals surface area contributed by atoms with Gasteiger partial charge >= 0.3 is 0 Å². The number of rotatable bonds is 4. The molecule has 1 fully saturated rings. The Balaban J connectivity index is 1.71. The van der Waals surface area contributed by atoms with Crippen molar-refractivity contribution in [2.75, 3.05) is 36.8 Å². The van der Waals surface area contributed by atoms with Crippen LogP contribution in [-0.2, 0) is 6.54 Å². The molecule has 0 amide bonds. The largest absolute Gasteiger partial charge is 0.396 e. The third-order valence-electron chi connectivity index (χ3n) is 4.59. The van der Waals surface area contributed by atoms with Gasteiger partial charge in [-0.25, -0.2) is 0 Å². The molecule has 24 heavy (non-hydrogen) atoms. The van der Waals surface area contributed by atoms with Crippen LogP contribution in [0.25, 0.3) is 0 Å². The first-order chi connectivity index (χ1) is 11.6. The molecule has 0 aliphatic carbocycles. The van der Waals surface area contributed by atoms with E-state index in [0.29, 0.717) is 11.4 Å². The number of nitrogens with two attached hydrogens (primary N) is 1. The number of aromatic nitrogens is 1. The van der Waals surface area contributed by atoms with E-state index in [0.717, 1.165) is 38.5 Å². The molecule has 2 aromatic rings. The van der Waals surface area contributed by atoms with Crippen molar-refractivity contribution in [2.45, 2.75) is 26.4 Å². The monoisotopic (exact) mass is 323 g/mol. The highest BCUT2D eigenvalue weighted by atomic mass is 15.3. The first-order valence-electron chi connectivity index (χ1n) is 8.52. The zero-order valence-corrected chi connectivity index (χ0v) is 14.4. The minimum absolute atomic E-state index is 0.217. The molecule has 0 bridgehead atoms. The van der Waals surface area contributed by atoms with Crippen molar-refractivity contribution >= 4 is 11.5 Å². The Morgan fingerprint density at radius 2 is 1.79 bits per heavy atom. The van der Waals surface area contributed by atoms with Crippen molar-refractivity contribution in [2.24, 2.45) is 0 Å². The molecule has 0 saturated carbocycles. The second-order valence-electron chi connectivity index (χ2n) is 6.63. The summed E-state index contributed by atoms with van der Waals surface area (Å²) in [7, 11) is 0. The average Bonchev–Trinajstić information content (AvgIpc) is 2.93. The van der Waals surface area contributed by atoms with Gasteiger partial charge in [-0.15, -0.1) is 0 Å². The predicted molar refractivity (Wildman–Crippen MR) is 97.9 cm³/mol. The van der Waals surface area contributed by atoms with Gasteiger partial charge in [0.15, 0.2) is 0 Å². The van der Waals surface area contributed by atoms with Crippen molar-refractivity contribution in [3.8, 4) is 6.07 Å². The third-order valence-corrected chi connectivity index (χ3v) is 4.59. The number of piperazine rings is 1. The quantitative estimate of drug-likeness (QED) is 0.940. The highest BCUT2D eigenvalue weighted by Gasteiger charge is 2.24. The molecule has 126 valence electrons. The van der Waals surface area contributed by atoms with E-state index in [-0.39, 0.29) is 6.04 Å². The lowest BCUT2D eigenvalue weighted by atomic mass is 10.2. The maximum Gasteiger partial charge on any atom is 0.133 e. The van der Waals surface area contributed by atoms with Crippen LogP contribution in [0, 0.1) is 11.3 Å². The summed E-state index contributed by atoms with van der Waals surface area (Å²) in [6.07, 6.45) is 0. The van der Waals surface area contributed by atoms with E-state index in [1.807, 2.05) is 0 Å². The lowest BCUT2D eigenvalue weighted by Crippen LogP contribution is -2.46. The molecule has 0 spiro atoms. The Morgan fingerprint density at radius 3 is 2.38 bits per heavy atom. The van der Waals surface area contributed by atoms with E-state index in [1.165, 1.54) is 5.56 Å². The van der Waals surface area contributed by atoms with Gasteiger partial charge in [0.2, 0.25) is 0 Å². The second kappa shape index (κ2) is 6.98. The smallest absolute Gasteiger partial charge is 0.133 e. The molecule has 1 saturated heterocycles. The normalized spacial score (nSPS) is 15.7. The number of anilines is 2. The summed E-state index contributed by atoms with van der Waals surface area (Å²) in [5.41, 5.74) is 8.92. The molecule has 5 heteroatoms. The van der Waals surface area contributed by atoms with Crippen molar-refractivity contribution in [1.29, 1.82) is 5.26 Å². The van der Waals surface area contributed by atoms with Gasteiger partial charge in [-0.2, -0.15) is 5.26 Å². The third kappa shape index (κ3) is 3.24. The average molecular weight is 323 g/mol. The molecule has 2 heterocycles. The summed E-state index contributed by atoms with van der Waals surface area (Å²) in [6.45, 7) is 9.03. The van der Waals surface area contributed by atoms with E-state index in [4.69, 9.17) is 5.73 Å². The summed E-state index contributed by atoms with van der Waals surface area (Å²) in [5, 5.41) is 9.36. The molecule has 1 aromatic carbocycles. The molecule has 3 rings (SSSR count). The van der Waals surface area contributed by atoms with Crippen LogP contribution in [0.2, 0.25) is 0 Å². The highest BCUT2D eigenvalue weighted by molar-refractivity contribution is 5.68. The number of nitrogens with zero attached hydrogens (tertiary/aromatic N) is 4. The maximum absolute atomic E-state index is 9.36. The van der Waals surface area contributed by atoms with Crippen molar-refractivity contribution in [3.63, 3.8) is 0 Å². The van der Waals surface area contributed by atoms with Gasteiger partial charge in [-0.1, -0.05) is 30.3 Å². The molecular weight excluding hydrogens is 298 g/mol. The molecule has 0 unspecified atom stereocenters. The second-order valence-corrected chi connectivity index (χ2v) is 6.63. The van der Waals surface area contributed by atoms with Crippen LogP contribution in [0.1, 0.15) is 31.1 Å². The SMILES string of the molecule is CC(C)n1c(C#N)cc(N)c1N1CCN(Cc2ccccc2)CC1. The highest BCUT2D eigenvalue weighted by Crippen LogP contribution is 2.32. The topological polar surface area (TPSA) is 61.2 Å². The lowest BCUT2D eigenvalue weighted by Gasteiger charge is -2.37. The molecule has 0 atom stereocenters. The summed E-state index contributed by atoms with van der Waals surface area (Å²) in [4.78, 5) is 4.79. The summed E-state index contributed by atoms with van der Waals surface area (Å²) in [5.74, 6) is 1.00. The molecule has 2 N–H and O–H groups in total. The van der Waals surface area contributed by atoms with E-state index in [9.17, 15) is 5.26 Å². The summed E-state index contributed by atoms with van der Waals surface area (Å²) >= 11 is 0. The minimum atomic E-state index is 0.217. The Hall–Kier alpha value is -2.45. The van der Waals surface area contributed by atoms with Gasteiger partial charge in [-0.05, 0) is 25.5 Å². The van der Waals surface area contributed by atoms with Gasteiger partial charge in [0.1, 0.15) is 17.6 Å². The fourth-order valence-electron chi connectivity index (χ4n) is 3.44. The minimum Gasteiger partial charge on any atom is -0.396 e. The number of hydrogen-bond donors (Lipinski definition) is 1. The Bertz CT molecular complexity index is 718. The van der Waals surface area contributed by atoms with Crippen LogP contribution < -0.4 is 10.6 Å². The number of benzene rings is 1. The molecule has 1 aromatic heterocycles. The van der Waals surface area contributed by atoms with Gasteiger partial charge in [0.05, 0.1) is 5.69 Å². The van der Waals surface area contributed by atoms with Gasteiger partial charge in [0, 0.05) is 38.8 Å². The van der Waals surface area contributed by atoms with E-state index in [2.05, 4.69) is 64.6 Å². The first kappa shape index (κ1) is 16.4. The number of nitrogen functional groups attached to an aromatic ring is 1. The summed E-state index contributed by atoms with van der Waals surface area (Å²) in [6, 6.07) is 14.9. The standard InChI is InChI=1S/C19H25N5/c1-15(2)24-17(13-20)12-18(21)19(24)23-10-8-22(9-11-23)14-16-6-4-3-5-7-16/h3-7,12,15H,8-11,14,21H2,1-2H3. The van der Waals surface area contributed by atoms with Crippen LogP contribution in [0.5, 0.6) is 0 Å². The van der Waals surface area contributed by atoms with Crippen LogP contribution in [-0.4, -0.2) is 35.6 Å². The van der Waals surface area contributed by atoms with Crippen LogP contribution >= 0.6 is 0 Å². The predicted octanol–water partition coefficient (Wildman–Crippen LogP) is 2.85. The maximum atomic E-state index is 9.36. The van der Waals surface area contributed by atoms with Crippen molar-refractivity contribution in [3.05, 3.63) is 47.7 Å². The fraction of sp³-hybridized carbons (Fsp3) is 0.421. The Morgan fingerprint density at radius 1 is 1.12 bits per heavy atom. The van der Waals surface area contributed by atoms with Crippen molar-refractivity contribution < 1.29 is 0 Å². The lowest BCUT2D eigenvalue weighted by molar-refractivity contribution is 0.248. The first-order valence-corrected chi connectivity index (χ1v) is 8.52. The van der Waals surface area contributed by atoms with Gasteiger partial charge in [0.25, 0.3) is 0 Å².